The van der Waals surface area contributed by atoms with Crippen LogP contribution in [0.25, 0.3) is 0 Å². The third kappa shape index (κ3) is 4.47. The second-order valence-electron chi connectivity index (χ2n) is 13.8. The van der Waals surface area contributed by atoms with Crippen LogP contribution in [-0.2, 0) is 6.42 Å². The van der Waals surface area contributed by atoms with Gasteiger partial charge in [0.2, 0.25) is 0 Å². The SMILES string of the molecule is CC(CCC[C@@H](C)[C@H]1CC[C@H]2[C@@H]3CCC4CCCC[C@]4(C)[C@H]3CC[C@]12C)Cc1ccccc1. The molecule has 4 aliphatic carbocycles. The summed E-state index contributed by atoms with van der Waals surface area (Å²) in [5, 5.41) is 0. The zero-order valence-electron chi connectivity index (χ0n) is 22.3. The van der Waals surface area contributed by atoms with Crippen molar-refractivity contribution in [1.82, 2.24) is 0 Å². The van der Waals surface area contributed by atoms with E-state index in [9.17, 15) is 0 Å². The van der Waals surface area contributed by atoms with Crippen LogP contribution in [0.15, 0.2) is 30.3 Å². The van der Waals surface area contributed by atoms with Crippen molar-refractivity contribution in [2.75, 3.05) is 0 Å². The van der Waals surface area contributed by atoms with Crippen molar-refractivity contribution >= 4 is 0 Å². The first-order chi connectivity index (χ1) is 15.9. The predicted molar refractivity (Wildman–Crippen MR) is 142 cm³/mol. The maximum atomic E-state index is 2.76. The van der Waals surface area contributed by atoms with Crippen LogP contribution in [0.4, 0.5) is 0 Å². The summed E-state index contributed by atoms with van der Waals surface area (Å²) in [6.45, 7) is 10.6. The molecule has 5 rings (SSSR count). The van der Waals surface area contributed by atoms with Crippen LogP contribution in [0.2, 0.25) is 0 Å². The molecule has 1 aromatic rings. The number of rotatable bonds is 7. The van der Waals surface area contributed by atoms with E-state index in [-0.39, 0.29) is 0 Å². The second-order valence-corrected chi connectivity index (χ2v) is 13.8. The summed E-state index contributed by atoms with van der Waals surface area (Å²) < 4.78 is 0. The predicted octanol–water partition coefficient (Wildman–Crippen LogP) is 9.72. The van der Waals surface area contributed by atoms with Gasteiger partial charge in [-0.3, -0.25) is 0 Å². The highest BCUT2D eigenvalue weighted by Crippen LogP contribution is 2.68. The third-order valence-corrected chi connectivity index (χ3v) is 12.1. The van der Waals surface area contributed by atoms with Crippen LogP contribution in [0.1, 0.15) is 117 Å². The largest absolute Gasteiger partial charge is 0.0622 e. The van der Waals surface area contributed by atoms with Gasteiger partial charge in [0.1, 0.15) is 0 Å². The minimum absolute atomic E-state index is 0.647. The molecular formula is C33H52. The van der Waals surface area contributed by atoms with Crippen molar-refractivity contribution in [2.45, 2.75) is 118 Å². The van der Waals surface area contributed by atoms with Crippen molar-refractivity contribution in [3.63, 3.8) is 0 Å². The molecule has 33 heavy (non-hydrogen) atoms. The molecule has 4 aliphatic rings. The van der Waals surface area contributed by atoms with Gasteiger partial charge in [0, 0.05) is 0 Å². The molecule has 0 bridgehead atoms. The van der Waals surface area contributed by atoms with E-state index >= 15 is 0 Å². The Morgan fingerprint density at radius 3 is 2.39 bits per heavy atom. The Hall–Kier alpha value is -0.780. The van der Waals surface area contributed by atoms with Crippen LogP contribution in [0.5, 0.6) is 0 Å². The minimum atomic E-state index is 0.647. The maximum Gasteiger partial charge on any atom is -0.0253 e. The summed E-state index contributed by atoms with van der Waals surface area (Å²) in [5.74, 6) is 6.94. The Morgan fingerprint density at radius 2 is 1.58 bits per heavy atom. The Morgan fingerprint density at radius 1 is 0.788 bits per heavy atom. The topological polar surface area (TPSA) is 0 Å². The summed E-state index contributed by atoms with van der Waals surface area (Å²) in [6.07, 6.45) is 21.0. The average molecular weight is 449 g/mol. The lowest BCUT2D eigenvalue weighted by Gasteiger charge is -2.61. The van der Waals surface area contributed by atoms with E-state index in [1.165, 1.54) is 50.5 Å². The fraction of sp³-hybridized carbons (Fsp3) is 0.818. The van der Waals surface area contributed by atoms with Crippen LogP contribution in [0.3, 0.4) is 0 Å². The molecule has 2 unspecified atom stereocenters. The highest BCUT2D eigenvalue weighted by Gasteiger charge is 2.60. The van der Waals surface area contributed by atoms with Crippen molar-refractivity contribution in [2.24, 2.45) is 52.3 Å². The Kier molecular flexibility index (Phi) is 7.04. The maximum absolute atomic E-state index is 2.76. The van der Waals surface area contributed by atoms with Crippen LogP contribution < -0.4 is 0 Å². The summed E-state index contributed by atoms with van der Waals surface area (Å²) >= 11 is 0. The molecule has 0 heteroatoms. The van der Waals surface area contributed by atoms with Crippen molar-refractivity contribution in [1.29, 1.82) is 0 Å². The van der Waals surface area contributed by atoms with E-state index in [0.29, 0.717) is 10.8 Å². The molecule has 0 spiro atoms. The van der Waals surface area contributed by atoms with Gasteiger partial charge in [-0.1, -0.05) is 90.1 Å². The molecule has 1 aromatic carbocycles. The van der Waals surface area contributed by atoms with Gasteiger partial charge in [-0.2, -0.15) is 0 Å². The normalized spacial score (nSPS) is 42.1. The van der Waals surface area contributed by atoms with Crippen molar-refractivity contribution in [3.8, 4) is 0 Å². The van der Waals surface area contributed by atoms with Gasteiger partial charge >= 0.3 is 0 Å². The molecule has 0 N–H and O–H groups in total. The number of fused-ring (bicyclic) bond motifs is 5. The van der Waals surface area contributed by atoms with E-state index in [0.717, 1.165) is 41.4 Å². The highest BCUT2D eigenvalue weighted by atomic mass is 14.6. The van der Waals surface area contributed by atoms with Crippen LogP contribution >= 0.6 is 0 Å². The Labute approximate surface area is 205 Å². The second kappa shape index (κ2) is 9.70. The summed E-state index contributed by atoms with van der Waals surface area (Å²) in [6, 6.07) is 11.1. The van der Waals surface area contributed by atoms with Gasteiger partial charge in [0.15, 0.2) is 0 Å². The summed E-state index contributed by atoms with van der Waals surface area (Å²) in [5.41, 5.74) is 2.86. The summed E-state index contributed by atoms with van der Waals surface area (Å²) in [4.78, 5) is 0. The third-order valence-electron chi connectivity index (χ3n) is 12.1. The molecule has 0 radical (unpaired) electrons. The zero-order valence-corrected chi connectivity index (χ0v) is 22.3. The molecule has 4 fully saturated rings. The number of benzene rings is 1. The van der Waals surface area contributed by atoms with E-state index in [1.54, 1.807) is 44.9 Å². The van der Waals surface area contributed by atoms with Gasteiger partial charge in [-0.05, 0) is 116 Å². The molecule has 0 aliphatic heterocycles. The first-order valence-corrected chi connectivity index (χ1v) is 15.0. The van der Waals surface area contributed by atoms with Gasteiger partial charge in [0.25, 0.3) is 0 Å². The van der Waals surface area contributed by atoms with E-state index in [1.807, 2.05) is 0 Å². The van der Waals surface area contributed by atoms with Gasteiger partial charge in [0.05, 0.1) is 0 Å². The lowest BCUT2D eigenvalue weighted by molar-refractivity contribution is -0.114. The first kappa shape index (κ1) is 23.9. The Balaban J connectivity index is 1.17. The van der Waals surface area contributed by atoms with E-state index in [2.05, 4.69) is 58.0 Å². The number of hydrogen-bond acceptors (Lipinski definition) is 0. The molecule has 0 amide bonds. The lowest BCUT2D eigenvalue weighted by atomic mass is 9.44. The lowest BCUT2D eigenvalue weighted by Crippen LogP contribution is -2.53. The quantitative estimate of drug-likeness (QED) is 0.389. The molecule has 0 saturated heterocycles. The minimum Gasteiger partial charge on any atom is -0.0622 e. The fourth-order valence-corrected chi connectivity index (χ4v) is 10.4. The van der Waals surface area contributed by atoms with Crippen molar-refractivity contribution < 1.29 is 0 Å². The molecule has 0 aromatic heterocycles. The summed E-state index contributed by atoms with van der Waals surface area (Å²) in [7, 11) is 0. The zero-order chi connectivity index (χ0) is 23.1. The first-order valence-electron chi connectivity index (χ1n) is 15.0. The Bertz CT molecular complexity index is 766. The fourth-order valence-electron chi connectivity index (χ4n) is 10.4. The van der Waals surface area contributed by atoms with Gasteiger partial charge in [-0.15, -0.1) is 0 Å². The van der Waals surface area contributed by atoms with Crippen molar-refractivity contribution in [3.05, 3.63) is 35.9 Å². The molecule has 9 atom stereocenters. The number of hydrogen-bond donors (Lipinski definition) is 0. The van der Waals surface area contributed by atoms with Gasteiger partial charge in [-0.25, -0.2) is 0 Å². The van der Waals surface area contributed by atoms with Gasteiger partial charge < -0.3 is 0 Å². The molecule has 184 valence electrons. The van der Waals surface area contributed by atoms with E-state index in [4.69, 9.17) is 0 Å². The average Bonchev–Trinajstić information content (AvgIpc) is 3.16. The van der Waals surface area contributed by atoms with Crippen LogP contribution in [-0.4, -0.2) is 0 Å². The highest BCUT2D eigenvalue weighted by molar-refractivity contribution is 5.15. The van der Waals surface area contributed by atoms with Crippen LogP contribution in [0, 0.1) is 52.3 Å². The monoisotopic (exact) mass is 448 g/mol. The molecule has 4 saturated carbocycles. The smallest absolute Gasteiger partial charge is 0.0253 e. The standard InChI is InChI=1S/C33H52/c1-24(23-26-13-6-5-7-14-26)11-10-12-25(2)29-18-19-30-28-17-16-27-15-8-9-21-32(27,3)31(28)20-22-33(29,30)4/h5-7,13-14,24-25,27-31H,8-12,15-23H2,1-4H3/t24?,25-,27?,28+,29-,30+,31+,32+,33-/m1/s1. The molecular weight excluding hydrogens is 396 g/mol. The molecule has 0 heterocycles. The van der Waals surface area contributed by atoms with E-state index < -0.39 is 0 Å². The molecule has 0 nitrogen and oxygen atoms in total.